The van der Waals surface area contributed by atoms with Gasteiger partial charge in [0.05, 0.1) is 22.7 Å². The lowest BCUT2D eigenvalue weighted by Gasteiger charge is -2.04. The average Bonchev–Trinajstić information content (AvgIpc) is 2.27. The second-order valence-electron chi connectivity index (χ2n) is 3.35. The largest absolute Gasteiger partial charge is 0.481 e. The number of carbonyl (C=O) groups is 1. The summed E-state index contributed by atoms with van der Waals surface area (Å²) in [5.74, 6) is -0.839. The zero-order valence-corrected chi connectivity index (χ0v) is 9.11. The van der Waals surface area contributed by atoms with Crippen molar-refractivity contribution >= 4 is 28.5 Å². The minimum absolute atomic E-state index is 0.0542. The van der Waals surface area contributed by atoms with Crippen molar-refractivity contribution in [3.63, 3.8) is 0 Å². The van der Waals surface area contributed by atoms with E-state index >= 15 is 0 Å². The van der Waals surface area contributed by atoms with Crippen LogP contribution in [-0.4, -0.2) is 21.0 Å². The van der Waals surface area contributed by atoms with Crippen LogP contribution in [0.3, 0.4) is 0 Å². The molecule has 0 saturated carbocycles. The number of aliphatic carboxylic acids is 1. The fraction of sp³-hybridized carbons (Fsp3) is 0.182. The lowest BCUT2D eigenvalue weighted by Crippen LogP contribution is -2.00. The second kappa shape index (κ2) is 4.45. The summed E-state index contributed by atoms with van der Waals surface area (Å²) >= 11 is 5.99. The number of fused-ring (bicyclic) bond motifs is 1. The Kier molecular flexibility index (Phi) is 3.01. The first-order valence-corrected chi connectivity index (χ1v) is 5.16. The van der Waals surface area contributed by atoms with Crippen LogP contribution >= 0.6 is 11.6 Å². The number of benzene rings is 1. The van der Waals surface area contributed by atoms with Gasteiger partial charge in [0.1, 0.15) is 6.33 Å². The third kappa shape index (κ3) is 2.12. The smallest absolute Gasteiger partial charge is 0.303 e. The number of rotatable bonds is 3. The summed E-state index contributed by atoms with van der Waals surface area (Å²) in [7, 11) is 0. The van der Waals surface area contributed by atoms with Crippen LogP contribution in [0.15, 0.2) is 24.5 Å². The molecule has 0 bridgehead atoms. The van der Waals surface area contributed by atoms with Gasteiger partial charge in [0.25, 0.3) is 0 Å². The van der Waals surface area contributed by atoms with Crippen molar-refractivity contribution in [3.05, 3.63) is 35.2 Å². The van der Waals surface area contributed by atoms with Gasteiger partial charge in [-0.05, 0) is 6.07 Å². The first-order valence-electron chi connectivity index (χ1n) is 4.78. The molecule has 0 aliphatic heterocycles. The molecule has 0 saturated heterocycles. The minimum atomic E-state index is -0.839. The molecule has 16 heavy (non-hydrogen) atoms. The molecule has 2 rings (SSSR count). The normalized spacial score (nSPS) is 10.6. The van der Waals surface area contributed by atoms with Crippen LogP contribution in [0.25, 0.3) is 10.9 Å². The quantitative estimate of drug-likeness (QED) is 0.888. The molecule has 0 radical (unpaired) electrons. The maximum Gasteiger partial charge on any atom is 0.303 e. The molecule has 0 amide bonds. The molecule has 1 aromatic heterocycles. The van der Waals surface area contributed by atoms with E-state index in [4.69, 9.17) is 16.7 Å². The lowest BCUT2D eigenvalue weighted by molar-refractivity contribution is -0.136. The van der Waals surface area contributed by atoms with Crippen molar-refractivity contribution < 1.29 is 9.90 Å². The summed E-state index contributed by atoms with van der Waals surface area (Å²) in [5.41, 5.74) is 1.38. The Balaban J connectivity index is 2.45. The number of carboxylic acid groups (broad SMARTS) is 1. The Bertz CT molecular complexity index is 542. The van der Waals surface area contributed by atoms with Gasteiger partial charge in [0.15, 0.2) is 0 Å². The summed E-state index contributed by atoms with van der Waals surface area (Å²) in [6.07, 6.45) is 1.85. The number of halogens is 1. The van der Waals surface area contributed by atoms with E-state index in [1.807, 2.05) is 6.07 Å². The number of aryl methyl sites for hydroxylation is 1. The van der Waals surface area contributed by atoms with E-state index in [1.165, 1.54) is 6.33 Å². The van der Waals surface area contributed by atoms with Crippen LogP contribution in [0.2, 0.25) is 5.02 Å². The highest BCUT2D eigenvalue weighted by Crippen LogP contribution is 2.23. The van der Waals surface area contributed by atoms with Gasteiger partial charge in [-0.2, -0.15) is 0 Å². The summed E-state index contributed by atoms with van der Waals surface area (Å²) in [4.78, 5) is 18.7. The molecule has 0 atom stereocenters. The van der Waals surface area contributed by atoms with Gasteiger partial charge in [0, 0.05) is 11.8 Å². The third-order valence-electron chi connectivity index (χ3n) is 2.27. The van der Waals surface area contributed by atoms with Gasteiger partial charge in [-0.3, -0.25) is 4.79 Å². The molecule has 1 N–H and O–H groups in total. The van der Waals surface area contributed by atoms with E-state index in [1.54, 1.807) is 12.1 Å². The zero-order chi connectivity index (χ0) is 11.5. The van der Waals surface area contributed by atoms with E-state index in [9.17, 15) is 4.79 Å². The highest BCUT2D eigenvalue weighted by atomic mass is 35.5. The first-order chi connectivity index (χ1) is 7.68. The lowest BCUT2D eigenvalue weighted by atomic mass is 10.1. The van der Waals surface area contributed by atoms with Gasteiger partial charge in [-0.25, -0.2) is 9.97 Å². The van der Waals surface area contributed by atoms with E-state index in [2.05, 4.69) is 9.97 Å². The van der Waals surface area contributed by atoms with Gasteiger partial charge >= 0.3 is 5.97 Å². The third-order valence-corrected chi connectivity index (χ3v) is 2.58. The predicted octanol–water partition coefficient (Wildman–Crippen LogP) is 2.30. The first kappa shape index (κ1) is 10.8. The van der Waals surface area contributed by atoms with Crippen molar-refractivity contribution in [2.45, 2.75) is 12.8 Å². The highest BCUT2D eigenvalue weighted by Gasteiger charge is 2.07. The molecule has 2 aromatic rings. The maximum absolute atomic E-state index is 10.5. The number of hydrogen-bond acceptors (Lipinski definition) is 3. The average molecular weight is 237 g/mol. The number of nitrogens with zero attached hydrogens (tertiary/aromatic N) is 2. The molecule has 0 unspecified atom stereocenters. The Morgan fingerprint density at radius 1 is 1.38 bits per heavy atom. The van der Waals surface area contributed by atoms with Crippen LogP contribution in [0.5, 0.6) is 0 Å². The Labute approximate surface area is 96.9 Å². The van der Waals surface area contributed by atoms with Crippen LogP contribution < -0.4 is 0 Å². The van der Waals surface area contributed by atoms with E-state index in [0.29, 0.717) is 17.0 Å². The van der Waals surface area contributed by atoms with E-state index in [-0.39, 0.29) is 6.42 Å². The molecule has 82 valence electrons. The molecule has 0 aliphatic rings. The topological polar surface area (TPSA) is 63.1 Å². The zero-order valence-electron chi connectivity index (χ0n) is 8.35. The van der Waals surface area contributed by atoms with Crippen LogP contribution in [0, 0.1) is 0 Å². The fourth-order valence-electron chi connectivity index (χ4n) is 1.53. The van der Waals surface area contributed by atoms with Crippen molar-refractivity contribution in [1.29, 1.82) is 0 Å². The molecule has 1 heterocycles. The second-order valence-corrected chi connectivity index (χ2v) is 3.76. The number of aromatic nitrogens is 2. The molecule has 0 aliphatic carbocycles. The molecule has 1 aromatic carbocycles. The van der Waals surface area contributed by atoms with Crippen molar-refractivity contribution in [2.24, 2.45) is 0 Å². The van der Waals surface area contributed by atoms with Crippen LogP contribution in [-0.2, 0) is 11.2 Å². The fourth-order valence-corrected chi connectivity index (χ4v) is 1.75. The van der Waals surface area contributed by atoms with Crippen LogP contribution in [0.4, 0.5) is 0 Å². The summed E-state index contributed by atoms with van der Waals surface area (Å²) in [6, 6.07) is 5.40. The van der Waals surface area contributed by atoms with Gasteiger partial charge in [-0.1, -0.05) is 23.7 Å². The molecule has 0 fully saturated rings. The Morgan fingerprint density at radius 3 is 2.94 bits per heavy atom. The summed E-state index contributed by atoms with van der Waals surface area (Å²) in [5, 5.41) is 10.0. The standard InChI is InChI=1S/C11H9ClN2O2/c12-8-3-1-2-7-9(4-5-10(15)16)13-6-14-11(7)8/h1-3,6H,4-5H2,(H,15,16). The summed E-state index contributed by atoms with van der Waals surface area (Å²) in [6.45, 7) is 0. The number of hydrogen-bond donors (Lipinski definition) is 1. The molecule has 0 spiro atoms. The van der Waals surface area contributed by atoms with Crippen molar-refractivity contribution in [2.75, 3.05) is 0 Å². The number of carboxylic acids is 1. The SMILES string of the molecule is O=C(O)CCc1ncnc2c(Cl)cccc12. The molecular weight excluding hydrogens is 228 g/mol. The van der Waals surface area contributed by atoms with E-state index in [0.717, 1.165) is 11.1 Å². The number of para-hydroxylation sites is 1. The molecule has 4 nitrogen and oxygen atoms in total. The van der Waals surface area contributed by atoms with Crippen molar-refractivity contribution in [3.8, 4) is 0 Å². The highest BCUT2D eigenvalue weighted by molar-refractivity contribution is 6.35. The Morgan fingerprint density at radius 2 is 2.19 bits per heavy atom. The van der Waals surface area contributed by atoms with Crippen molar-refractivity contribution in [1.82, 2.24) is 9.97 Å². The maximum atomic E-state index is 10.5. The minimum Gasteiger partial charge on any atom is -0.481 e. The Hall–Kier alpha value is -1.68. The molecular formula is C11H9ClN2O2. The van der Waals surface area contributed by atoms with E-state index < -0.39 is 5.97 Å². The molecule has 5 heteroatoms. The van der Waals surface area contributed by atoms with Gasteiger partial charge in [0.2, 0.25) is 0 Å². The van der Waals surface area contributed by atoms with Gasteiger partial charge in [-0.15, -0.1) is 0 Å². The monoisotopic (exact) mass is 236 g/mol. The summed E-state index contributed by atoms with van der Waals surface area (Å²) < 4.78 is 0. The van der Waals surface area contributed by atoms with Gasteiger partial charge < -0.3 is 5.11 Å². The predicted molar refractivity (Wildman–Crippen MR) is 60.5 cm³/mol. The van der Waals surface area contributed by atoms with Crippen LogP contribution in [0.1, 0.15) is 12.1 Å².